The second-order valence-corrected chi connectivity index (χ2v) is 5.08. The van der Waals surface area contributed by atoms with Gasteiger partial charge < -0.3 is 16.2 Å². The van der Waals surface area contributed by atoms with Gasteiger partial charge in [-0.2, -0.15) is 0 Å². The Labute approximate surface area is 95.9 Å². The van der Waals surface area contributed by atoms with Gasteiger partial charge in [-0.25, -0.2) is 0 Å². The van der Waals surface area contributed by atoms with E-state index >= 15 is 0 Å². The second kappa shape index (κ2) is 4.55. The number of nitrogens with two attached hydrogens (primary N) is 1. The fourth-order valence-electron chi connectivity index (χ4n) is 2.26. The molecule has 2 aliphatic rings. The van der Waals surface area contributed by atoms with Crippen molar-refractivity contribution in [1.82, 2.24) is 5.32 Å². The number of hydrogen-bond donors (Lipinski definition) is 3. The highest BCUT2D eigenvalue weighted by Crippen LogP contribution is 2.47. The van der Waals surface area contributed by atoms with Gasteiger partial charge in [-0.15, -0.1) is 0 Å². The fourth-order valence-corrected chi connectivity index (χ4v) is 2.26. The summed E-state index contributed by atoms with van der Waals surface area (Å²) in [6, 6.07) is 0.0306. The number of carbonyl (C=O) groups is 1. The molecule has 4 N–H and O–H groups in total. The first-order valence-corrected chi connectivity index (χ1v) is 5.98. The van der Waals surface area contributed by atoms with Gasteiger partial charge in [-0.05, 0) is 31.1 Å². The molecule has 0 saturated heterocycles. The lowest BCUT2D eigenvalue weighted by atomic mass is 10.0. The van der Waals surface area contributed by atoms with Gasteiger partial charge in [-0.3, -0.25) is 4.79 Å². The number of aliphatic hydroxyl groups is 1. The number of rotatable bonds is 5. The van der Waals surface area contributed by atoms with E-state index in [-0.39, 0.29) is 29.9 Å². The van der Waals surface area contributed by atoms with Gasteiger partial charge in [-0.1, -0.05) is 12.2 Å². The molecule has 0 aliphatic heterocycles. The number of hydrogen-bond acceptors (Lipinski definition) is 3. The van der Waals surface area contributed by atoms with Crippen LogP contribution in [0.4, 0.5) is 0 Å². The lowest BCUT2D eigenvalue weighted by molar-refractivity contribution is -0.123. The van der Waals surface area contributed by atoms with E-state index < -0.39 is 0 Å². The van der Waals surface area contributed by atoms with Gasteiger partial charge in [0.1, 0.15) is 0 Å². The summed E-state index contributed by atoms with van der Waals surface area (Å²) in [6.45, 7) is 0.913. The molecular weight excluding hydrogens is 204 g/mol. The largest absolute Gasteiger partial charge is 0.396 e. The zero-order valence-electron chi connectivity index (χ0n) is 9.48. The summed E-state index contributed by atoms with van der Waals surface area (Å²) < 4.78 is 0. The molecule has 0 aromatic carbocycles. The summed E-state index contributed by atoms with van der Waals surface area (Å²) in [5.41, 5.74) is 5.89. The average molecular weight is 224 g/mol. The van der Waals surface area contributed by atoms with E-state index in [1.54, 1.807) is 0 Å². The third-order valence-corrected chi connectivity index (χ3v) is 3.69. The molecule has 0 bridgehead atoms. The monoisotopic (exact) mass is 224 g/mol. The molecule has 1 saturated carbocycles. The van der Waals surface area contributed by atoms with E-state index in [1.165, 1.54) is 0 Å². The van der Waals surface area contributed by atoms with Gasteiger partial charge in [0.25, 0.3) is 0 Å². The predicted octanol–water partition coefficient (Wildman–Crippen LogP) is 0.169. The van der Waals surface area contributed by atoms with Crippen molar-refractivity contribution in [3.63, 3.8) is 0 Å². The predicted molar refractivity (Wildman–Crippen MR) is 61.6 cm³/mol. The quantitative estimate of drug-likeness (QED) is 0.583. The van der Waals surface area contributed by atoms with Gasteiger partial charge >= 0.3 is 0 Å². The van der Waals surface area contributed by atoms with Gasteiger partial charge in [0.05, 0.1) is 5.92 Å². The first-order chi connectivity index (χ1) is 7.65. The molecule has 16 heavy (non-hydrogen) atoms. The van der Waals surface area contributed by atoms with E-state index in [2.05, 4.69) is 5.32 Å². The fraction of sp³-hybridized carbons (Fsp3) is 0.750. The van der Waals surface area contributed by atoms with Crippen molar-refractivity contribution < 1.29 is 9.90 Å². The Kier molecular flexibility index (Phi) is 3.30. The zero-order valence-corrected chi connectivity index (χ0v) is 9.48. The van der Waals surface area contributed by atoms with Gasteiger partial charge in [0, 0.05) is 19.2 Å². The normalized spacial score (nSPS) is 30.4. The van der Waals surface area contributed by atoms with Crippen molar-refractivity contribution >= 4 is 5.91 Å². The van der Waals surface area contributed by atoms with Crippen molar-refractivity contribution in [2.45, 2.75) is 31.7 Å². The standard InChI is InChI=1S/C12H20N2O2/c13-10-2-1-9(7-10)11(16)14-8-12(3-4-12)5-6-15/h1-2,9-10,15H,3-8,13H2,(H,14,16). The number of amides is 1. The smallest absolute Gasteiger partial charge is 0.227 e. The molecule has 2 unspecified atom stereocenters. The molecule has 2 aliphatic carbocycles. The molecule has 2 atom stereocenters. The second-order valence-electron chi connectivity index (χ2n) is 5.08. The molecule has 0 spiro atoms. The van der Waals surface area contributed by atoms with Crippen LogP contribution >= 0.6 is 0 Å². The van der Waals surface area contributed by atoms with Crippen LogP contribution in [0.5, 0.6) is 0 Å². The number of nitrogens with one attached hydrogen (secondary N) is 1. The Morgan fingerprint density at radius 2 is 2.25 bits per heavy atom. The van der Waals surface area contributed by atoms with E-state index in [0.29, 0.717) is 6.54 Å². The van der Waals surface area contributed by atoms with Crippen LogP contribution in [0.3, 0.4) is 0 Å². The van der Waals surface area contributed by atoms with Crippen LogP contribution in [0.1, 0.15) is 25.7 Å². The third kappa shape index (κ3) is 2.62. The summed E-state index contributed by atoms with van der Waals surface area (Å²) in [7, 11) is 0. The minimum Gasteiger partial charge on any atom is -0.396 e. The lowest BCUT2D eigenvalue weighted by Crippen LogP contribution is -2.35. The lowest BCUT2D eigenvalue weighted by Gasteiger charge is -2.16. The van der Waals surface area contributed by atoms with Crippen LogP contribution in [0.25, 0.3) is 0 Å². The van der Waals surface area contributed by atoms with Crippen molar-refractivity contribution in [3.8, 4) is 0 Å². The van der Waals surface area contributed by atoms with Crippen LogP contribution in [0.2, 0.25) is 0 Å². The minimum absolute atomic E-state index is 0.0306. The minimum atomic E-state index is -0.0556. The average Bonchev–Trinajstić information content (AvgIpc) is 2.89. The van der Waals surface area contributed by atoms with Crippen LogP contribution < -0.4 is 11.1 Å². The summed E-state index contributed by atoms with van der Waals surface area (Å²) in [4.78, 5) is 11.8. The molecule has 2 rings (SSSR count). The Bertz CT molecular complexity index is 297. The van der Waals surface area contributed by atoms with E-state index in [9.17, 15) is 4.79 Å². The SMILES string of the molecule is NC1C=CC(C(=O)NCC2(CCO)CC2)C1. The van der Waals surface area contributed by atoms with Gasteiger partial charge in [0.2, 0.25) is 5.91 Å². The highest BCUT2D eigenvalue weighted by Gasteiger charge is 2.42. The molecule has 0 aromatic heterocycles. The molecule has 4 nitrogen and oxygen atoms in total. The van der Waals surface area contributed by atoms with Gasteiger partial charge in [0.15, 0.2) is 0 Å². The maximum atomic E-state index is 11.8. The summed E-state index contributed by atoms with van der Waals surface area (Å²) in [5.74, 6) is 0.0216. The molecule has 1 amide bonds. The summed E-state index contributed by atoms with van der Waals surface area (Å²) in [5, 5.41) is 11.9. The summed E-state index contributed by atoms with van der Waals surface area (Å²) >= 11 is 0. The van der Waals surface area contributed by atoms with Crippen LogP contribution in [-0.2, 0) is 4.79 Å². The van der Waals surface area contributed by atoms with Crippen molar-refractivity contribution in [2.24, 2.45) is 17.1 Å². The maximum Gasteiger partial charge on any atom is 0.227 e. The molecule has 0 aromatic rings. The first kappa shape index (κ1) is 11.6. The van der Waals surface area contributed by atoms with Crippen LogP contribution in [0.15, 0.2) is 12.2 Å². The number of aliphatic hydroxyl groups excluding tert-OH is 1. The molecule has 4 heteroatoms. The first-order valence-electron chi connectivity index (χ1n) is 5.98. The molecular formula is C12H20N2O2. The zero-order chi connectivity index (χ0) is 11.6. The van der Waals surface area contributed by atoms with E-state index in [0.717, 1.165) is 25.7 Å². The highest BCUT2D eigenvalue weighted by molar-refractivity contribution is 5.81. The Balaban J connectivity index is 1.74. The summed E-state index contributed by atoms with van der Waals surface area (Å²) in [6.07, 6.45) is 7.55. The van der Waals surface area contributed by atoms with E-state index in [4.69, 9.17) is 10.8 Å². The van der Waals surface area contributed by atoms with Crippen LogP contribution in [0, 0.1) is 11.3 Å². The van der Waals surface area contributed by atoms with Crippen molar-refractivity contribution in [1.29, 1.82) is 0 Å². The Morgan fingerprint density at radius 1 is 1.50 bits per heavy atom. The van der Waals surface area contributed by atoms with Crippen molar-refractivity contribution in [3.05, 3.63) is 12.2 Å². The van der Waals surface area contributed by atoms with Crippen LogP contribution in [-0.4, -0.2) is 30.2 Å². The highest BCUT2D eigenvalue weighted by atomic mass is 16.3. The molecule has 1 fully saturated rings. The third-order valence-electron chi connectivity index (χ3n) is 3.69. The maximum absolute atomic E-state index is 11.8. The van der Waals surface area contributed by atoms with E-state index in [1.807, 2.05) is 12.2 Å². The molecule has 0 radical (unpaired) electrons. The molecule has 0 heterocycles. The Morgan fingerprint density at radius 3 is 2.75 bits per heavy atom. The number of carbonyl (C=O) groups excluding carboxylic acids is 1. The Hall–Kier alpha value is -0.870. The van der Waals surface area contributed by atoms with Crippen molar-refractivity contribution in [2.75, 3.05) is 13.2 Å². The molecule has 90 valence electrons. The topological polar surface area (TPSA) is 75.4 Å².